The van der Waals surface area contributed by atoms with Crippen LogP contribution in [0.4, 0.5) is 4.39 Å². The monoisotopic (exact) mass is 299 g/mol. The van der Waals surface area contributed by atoms with Gasteiger partial charge in [-0.15, -0.1) is 0 Å². The van der Waals surface area contributed by atoms with Crippen LogP contribution in [0.15, 0.2) is 48.6 Å². The number of imidazole rings is 1. The molecule has 0 bridgehead atoms. The molecule has 0 radical (unpaired) electrons. The minimum absolute atomic E-state index is 0.215. The number of halogens is 1. The van der Waals surface area contributed by atoms with E-state index in [9.17, 15) is 4.39 Å². The van der Waals surface area contributed by atoms with E-state index < -0.39 is 0 Å². The van der Waals surface area contributed by atoms with Crippen molar-refractivity contribution < 1.29 is 4.39 Å². The Balaban J connectivity index is 1.51. The molecule has 3 nitrogen and oxygen atoms in total. The third-order valence-electron chi connectivity index (χ3n) is 4.13. The van der Waals surface area contributed by atoms with Gasteiger partial charge >= 0.3 is 0 Å². The average molecular weight is 299 g/mol. The van der Waals surface area contributed by atoms with Gasteiger partial charge in [0.2, 0.25) is 0 Å². The van der Waals surface area contributed by atoms with E-state index in [1.807, 2.05) is 6.07 Å². The van der Waals surface area contributed by atoms with Gasteiger partial charge in [-0.25, -0.2) is 9.37 Å². The van der Waals surface area contributed by atoms with Gasteiger partial charge in [0.05, 0.1) is 12.0 Å². The SMILES string of the molecule is Fc1cc(CNCCC2=CCCCC2)ccc1-n1ccnc1. The van der Waals surface area contributed by atoms with E-state index >= 15 is 0 Å². The molecule has 1 N–H and O–H groups in total. The van der Waals surface area contributed by atoms with Crippen molar-refractivity contribution in [3.8, 4) is 5.69 Å². The van der Waals surface area contributed by atoms with Crippen LogP contribution >= 0.6 is 0 Å². The van der Waals surface area contributed by atoms with Crippen LogP contribution in [0.25, 0.3) is 5.69 Å². The Labute approximate surface area is 130 Å². The van der Waals surface area contributed by atoms with Gasteiger partial charge in [-0.3, -0.25) is 0 Å². The van der Waals surface area contributed by atoms with Crippen LogP contribution in [0.2, 0.25) is 0 Å². The van der Waals surface area contributed by atoms with Crippen molar-refractivity contribution in [1.29, 1.82) is 0 Å². The molecule has 22 heavy (non-hydrogen) atoms. The highest BCUT2D eigenvalue weighted by atomic mass is 19.1. The van der Waals surface area contributed by atoms with Gasteiger partial charge in [0.15, 0.2) is 0 Å². The van der Waals surface area contributed by atoms with Gasteiger partial charge in [-0.1, -0.05) is 17.7 Å². The van der Waals surface area contributed by atoms with E-state index in [0.29, 0.717) is 12.2 Å². The Morgan fingerprint density at radius 1 is 1.27 bits per heavy atom. The molecule has 0 amide bonds. The second-order valence-electron chi connectivity index (χ2n) is 5.79. The van der Waals surface area contributed by atoms with E-state index in [2.05, 4.69) is 16.4 Å². The number of hydrogen-bond acceptors (Lipinski definition) is 2. The van der Waals surface area contributed by atoms with Crippen LogP contribution in [-0.2, 0) is 6.54 Å². The zero-order valence-corrected chi connectivity index (χ0v) is 12.8. The number of nitrogens with one attached hydrogen (secondary N) is 1. The molecule has 0 saturated carbocycles. The molecule has 0 fully saturated rings. The van der Waals surface area contributed by atoms with Crippen LogP contribution < -0.4 is 5.32 Å². The molecular weight excluding hydrogens is 277 g/mol. The number of rotatable bonds is 6. The molecule has 0 saturated heterocycles. The minimum Gasteiger partial charge on any atom is -0.312 e. The van der Waals surface area contributed by atoms with Crippen LogP contribution in [0.3, 0.4) is 0 Å². The van der Waals surface area contributed by atoms with E-state index in [1.165, 1.54) is 25.7 Å². The van der Waals surface area contributed by atoms with Crippen molar-refractivity contribution >= 4 is 0 Å². The van der Waals surface area contributed by atoms with Crippen LogP contribution in [-0.4, -0.2) is 16.1 Å². The highest BCUT2D eigenvalue weighted by Gasteiger charge is 2.06. The number of aromatic nitrogens is 2. The zero-order chi connectivity index (χ0) is 15.2. The first kappa shape index (κ1) is 15.0. The summed E-state index contributed by atoms with van der Waals surface area (Å²) in [6.45, 7) is 1.66. The predicted octanol–water partition coefficient (Wildman–Crippen LogP) is 3.99. The number of allylic oxidation sites excluding steroid dienone is 1. The van der Waals surface area contributed by atoms with Crippen molar-refractivity contribution in [2.75, 3.05) is 6.54 Å². The normalized spacial score (nSPS) is 14.9. The number of hydrogen-bond donors (Lipinski definition) is 1. The molecule has 1 aromatic carbocycles. The molecule has 1 aromatic heterocycles. The van der Waals surface area contributed by atoms with Crippen LogP contribution in [0.5, 0.6) is 0 Å². The Hall–Kier alpha value is -1.94. The average Bonchev–Trinajstić information content (AvgIpc) is 3.07. The Morgan fingerprint density at radius 2 is 2.23 bits per heavy atom. The third kappa shape index (κ3) is 3.83. The quantitative estimate of drug-likeness (QED) is 0.645. The lowest BCUT2D eigenvalue weighted by Gasteiger charge is -2.13. The van der Waals surface area contributed by atoms with Crippen molar-refractivity contribution in [2.45, 2.75) is 38.6 Å². The Bertz CT molecular complexity index is 632. The van der Waals surface area contributed by atoms with Gasteiger partial charge < -0.3 is 9.88 Å². The molecule has 116 valence electrons. The summed E-state index contributed by atoms with van der Waals surface area (Å²) < 4.78 is 15.8. The van der Waals surface area contributed by atoms with E-state index in [4.69, 9.17) is 0 Å². The molecule has 0 unspecified atom stereocenters. The first-order valence-electron chi connectivity index (χ1n) is 7.98. The Kier molecular flexibility index (Phi) is 5.01. The number of benzene rings is 1. The molecule has 4 heteroatoms. The molecule has 0 aliphatic heterocycles. The molecule has 0 atom stereocenters. The first-order valence-corrected chi connectivity index (χ1v) is 7.98. The summed E-state index contributed by atoms with van der Waals surface area (Å²) in [5.41, 5.74) is 3.08. The van der Waals surface area contributed by atoms with Crippen LogP contribution in [0, 0.1) is 5.82 Å². The summed E-state index contributed by atoms with van der Waals surface area (Å²) in [6, 6.07) is 5.37. The molecule has 2 aromatic rings. The van der Waals surface area contributed by atoms with Crippen molar-refractivity contribution in [3.63, 3.8) is 0 Å². The predicted molar refractivity (Wildman–Crippen MR) is 86.4 cm³/mol. The summed E-state index contributed by atoms with van der Waals surface area (Å²) in [5.74, 6) is -0.215. The maximum atomic E-state index is 14.1. The molecule has 0 spiro atoms. The fraction of sp³-hybridized carbons (Fsp3) is 0.389. The maximum absolute atomic E-state index is 14.1. The van der Waals surface area contributed by atoms with Gasteiger partial charge in [0, 0.05) is 18.9 Å². The third-order valence-corrected chi connectivity index (χ3v) is 4.13. The summed E-state index contributed by atoms with van der Waals surface area (Å²) >= 11 is 0. The smallest absolute Gasteiger partial charge is 0.147 e. The summed E-state index contributed by atoms with van der Waals surface area (Å²) in [7, 11) is 0. The fourth-order valence-corrected chi connectivity index (χ4v) is 2.88. The van der Waals surface area contributed by atoms with Crippen molar-refractivity contribution in [1.82, 2.24) is 14.9 Å². The molecule has 1 aliphatic carbocycles. The maximum Gasteiger partial charge on any atom is 0.147 e. The molecule has 3 rings (SSSR count). The fourth-order valence-electron chi connectivity index (χ4n) is 2.88. The van der Waals surface area contributed by atoms with Gasteiger partial charge in [0.1, 0.15) is 5.82 Å². The largest absolute Gasteiger partial charge is 0.312 e. The highest BCUT2D eigenvalue weighted by Crippen LogP contribution is 2.19. The van der Waals surface area contributed by atoms with E-state index in [0.717, 1.165) is 18.5 Å². The molecular formula is C18H22FN3. The van der Waals surface area contributed by atoms with Gasteiger partial charge in [-0.2, -0.15) is 0 Å². The zero-order valence-electron chi connectivity index (χ0n) is 12.8. The van der Waals surface area contributed by atoms with E-state index in [-0.39, 0.29) is 5.82 Å². The lowest BCUT2D eigenvalue weighted by atomic mass is 9.97. The second kappa shape index (κ2) is 7.36. The van der Waals surface area contributed by atoms with Crippen molar-refractivity contribution in [2.24, 2.45) is 0 Å². The minimum atomic E-state index is -0.215. The summed E-state index contributed by atoms with van der Waals surface area (Å²) in [6.07, 6.45) is 13.6. The number of nitrogens with zero attached hydrogens (tertiary/aromatic N) is 2. The Morgan fingerprint density at radius 3 is 2.95 bits per heavy atom. The summed E-state index contributed by atoms with van der Waals surface area (Å²) in [4.78, 5) is 3.95. The lowest BCUT2D eigenvalue weighted by molar-refractivity contribution is 0.607. The second-order valence-corrected chi connectivity index (χ2v) is 5.79. The van der Waals surface area contributed by atoms with Crippen LogP contribution in [0.1, 0.15) is 37.7 Å². The standard InChI is InChI=1S/C18H22FN3/c19-17-12-16(6-7-18(17)22-11-10-21-14-22)13-20-9-8-15-4-2-1-3-5-15/h4,6-7,10-12,14,20H,1-3,5,8-9,13H2. The van der Waals surface area contributed by atoms with Gasteiger partial charge in [-0.05, 0) is 56.3 Å². The molecule has 1 aliphatic rings. The van der Waals surface area contributed by atoms with Crippen molar-refractivity contribution in [3.05, 3.63) is 59.9 Å². The lowest BCUT2D eigenvalue weighted by Crippen LogP contribution is -2.16. The van der Waals surface area contributed by atoms with Gasteiger partial charge in [0.25, 0.3) is 0 Å². The highest BCUT2D eigenvalue weighted by molar-refractivity contribution is 5.36. The summed E-state index contributed by atoms with van der Waals surface area (Å²) in [5, 5.41) is 3.40. The topological polar surface area (TPSA) is 29.9 Å². The molecule has 1 heterocycles. The van der Waals surface area contributed by atoms with E-state index in [1.54, 1.807) is 41.0 Å². The first-order chi connectivity index (χ1) is 10.8.